The second-order valence-electron chi connectivity index (χ2n) is 3.66. The van der Waals surface area contributed by atoms with Crippen molar-refractivity contribution in [3.8, 4) is 11.5 Å². The summed E-state index contributed by atoms with van der Waals surface area (Å²) in [5, 5.41) is 0. The number of ether oxygens (including phenoxy) is 2. The number of hydrogen-bond donors (Lipinski definition) is 1. The van der Waals surface area contributed by atoms with Gasteiger partial charge in [0.15, 0.2) is 0 Å². The molecule has 0 atom stereocenters. The van der Waals surface area contributed by atoms with Gasteiger partial charge in [-0.3, -0.25) is 0 Å². The van der Waals surface area contributed by atoms with Crippen molar-refractivity contribution in [3.05, 3.63) is 17.7 Å². The van der Waals surface area contributed by atoms with E-state index in [9.17, 15) is 17.2 Å². The fourth-order valence-electron chi connectivity index (χ4n) is 1.60. The number of sulfone groups is 1. The molecule has 0 bridgehead atoms. The van der Waals surface area contributed by atoms with Crippen LogP contribution in [0, 0.1) is 0 Å². The number of nitrogens with two attached hydrogens (primary N) is 1. The lowest BCUT2D eigenvalue weighted by atomic mass is 10.1. The molecule has 116 valence electrons. The smallest absolute Gasteiger partial charge is 0.341 e. The zero-order valence-corrected chi connectivity index (χ0v) is 12.6. The molecule has 1 aromatic rings. The Bertz CT molecular complexity index is 552. The Hall–Kier alpha value is -1.12. The average molecular weight is 332 g/mol. The zero-order valence-electron chi connectivity index (χ0n) is 10.9. The highest BCUT2D eigenvalue weighted by Gasteiger charge is 2.31. The van der Waals surface area contributed by atoms with E-state index in [1.54, 1.807) is 0 Å². The Kier molecular flexibility index (Phi) is 7.18. The standard InChI is InChI=1S/C11H15F2NO4S.ClH/c1-17-8-6-10(19(15,16)11(12)13)9(18-2)5-7(8)3-4-14;/h5-6,11H,3-4,14H2,1-2H3;1H. The van der Waals surface area contributed by atoms with Crippen LogP contribution in [0.1, 0.15) is 5.56 Å². The van der Waals surface area contributed by atoms with Gasteiger partial charge in [0.1, 0.15) is 16.4 Å². The minimum atomic E-state index is -4.75. The summed E-state index contributed by atoms with van der Waals surface area (Å²) in [5.74, 6) is -3.48. The lowest BCUT2D eigenvalue weighted by molar-refractivity contribution is 0.234. The van der Waals surface area contributed by atoms with Crippen LogP contribution >= 0.6 is 12.4 Å². The van der Waals surface area contributed by atoms with Gasteiger partial charge in [-0.2, -0.15) is 8.78 Å². The third-order valence-corrected chi connectivity index (χ3v) is 3.92. The second-order valence-corrected chi connectivity index (χ2v) is 5.55. The molecule has 0 amide bonds. The van der Waals surface area contributed by atoms with E-state index in [1.165, 1.54) is 20.3 Å². The van der Waals surface area contributed by atoms with Crippen molar-refractivity contribution < 1.29 is 26.7 Å². The molecule has 9 heteroatoms. The van der Waals surface area contributed by atoms with Crippen molar-refractivity contribution in [2.24, 2.45) is 5.73 Å². The van der Waals surface area contributed by atoms with Gasteiger partial charge in [-0.25, -0.2) is 8.42 Å². The summed E-state index contributed by atoms with van der Waals surface area (Å²) < 4.78 is 58.1. The molecule has 0 radical (unpaired) electrons. The van der Waals surface area contributed by atoms with Crippen LogP contribution < -0.4 is 15.2 Å². The molecule has 0 aromatic heterocycles. The number of halogens is 3. The molecule has 0 aliphatic rings. The number of benzene rings is 1. The van der Waals surface area contributed by atoms with Crippen molar-refractivity contribution in [1.82, 2.24) is 0 Å². The topological polar surface area (TPSA) is 78.6 Å². The molecule has 0 unspecified atom stereocenters. The van der Waals surface area contributed by atoms with Crippen LogP contribution in [0.4, 0.5) is 8.78 Å². The lowest BCUT2D eigenvalue weighted by Gasteiger charge is -2.14. The van der Waals surface area contributed by atoms with Crippen LogP contribution in [-0.4, -0.2) is 34.9 Å². The summed E-state index contributed by atoms with van der Waals surface area (Å²) >= 11 is 0. The highest BCUT2D eigenvalue weighted by Crippen LogP contribution is 2.34. The van der Waals surface area contributed by atoms with Gasteiger partial charge < -0.3 is 15.2 Å². The van der Waals surface area contributed by atoms with Crippen molar-refractivity contribution in [2.75, 3.05) is 20.8 Å². The minimum absolute atomic E-state index is 0. The van der Waals surface area contributed by atoms with Crippen LogP contribution in [0.25, 0.3) is 0 Å². The van der Waals surface area contributed by atoms with Crippen LogP contribution in [0.5, 0.6) is 11.5 Å². The molecule has 20 heavy (non-hydrogen) atoms. The summed E-state index contributed by atoms with van der Waals surface area (Å²) in [7, 11) is -2.23. The fraction of sp³-hybridized carbons (Fsp3) is 0.455. The maximum atomic E-state index is 12.6. The summed E-state index contributed by atoms with van der Waals surface area (Å²) in [6.07, 6.45) is 0.411. The van der Waals surface area contributed by atoms with E-state index in [4.69, 9.17) is 15.2 Å². The van der Waals surface area contributed by atoms with Gasteiger partial charge >= 0.3 is 5.76 Å². The second kappa shape index (κ2) is 7.61. The van der Waals surface area contributed by atoms with Crippen molar-refractivity contribution in [2.45, 2.75) is 17.1 Å². The highest BCUT2D eigenvalue weighted by atomic mass is 35.5. The predicted octanol–water partition coefficient (Wildman–Crippen LogP) is 1.62. The van der Waals surface area contributed by atoms with Crippen molar-refractivity contribution >= 4 is 22.2 Å². The minimum Gasteiger partial charge on any atom is -0.496 e. The molecule has 0 heterocycles. The SMILES string of the molecule is COc1cc(S(=O)(=O)C(F)F)c(OC)cc1CCN.Cl. The number of rotatable bonds is 6. The quantitative estimate of drug-likeness (QED) is 0.857. The maximum Gasteiger partial charge on any atom is 0.341 e. The first kappa shape index (κ1) is 18.9. The molecule has 0 spiro atoms. The Morgan fingerprint density at radius 1 is 1.20 bits per heavy atom. The zero-order chi connectivity index (χ0) is 14.6. The maximum absolute atomic E-state index is 12.6. The average Bonchev–Trinajstić information content (AvgIpc) is 2.38. The molecule has 5 nitrogen and oxygen atoms in total. The first-order valence-corrected chi connectivity index (χ1v) is 6.90. The molecule has 0 saturated heterocycles. The largest absolute Gasteiger partial charge is 0.496 e. The van der Waals surface area contributed by atoms with Gasteiger partial charge in [0.05, 0.1) is 14.2 Å². The molecule has 0 aliphatic carbocycles. The number of methoxy groups -OCH3 is 2. The van der Waals surface area contributed by atoms with E-state index in [0.717, 1.165) is 6.07 Å². The number of hydrogen-bond acceptors (Lipinski definition) is 5. The van der Waals surface area contributed by atoms with Crippen LogP contribution in [0.2, 0.25) is 0 Å². The molecule has 0 aliphatic heterocycles. The molecule has 1 aromatic carbocycles. The molecule has 1 rings (SSSR count). The van der Waals surface area contributed by atoms with Gasteiger partial charge in [0, 0.05) is 6.07 Å². The molecule has 0 fully saturated rings. The van der Waals surface area contributed by atoms with Crippen LogP contribution in [-0.2, 0) is 16.3 Å². The summed E-state index contributed by atoms with van der Waals surface area (Å²) in [5.41, 5.74) is 6.01. The van der Waals surface area contributed by atoms with Gasteiger partial charge in [0.25, 0.3) is 0 Å². The Labute approximate surface area is 122 Å². The molecule has 2 N–H and O–H groups in total. The number of alkyl halides is 2. The Morgan fingerprint density at radius 3 is 2.15 bits per heavy atom. The van der Waals surface area contributed by atoms with Crippen LogP contribution in [0.15, 0.2) is 17.0 Å². The third kappa shape index (κ3) is 3.71. The molecular formula is C11H16ClF2NO4S. The first-order chi connectivity index (χ1) is 8.88. The normalized spacial score (nSPS) is 11.1. The third-order valence-electron chi connectivity index (χ3n) is 2.52. The van der Waals surface area contributed by atoms with Gasteiger partial charge in [-0.15, -0.1) is 12.4 Å². The lowest BCUT2D eigenvalue weighted by Crippen LogP contribution is -2.14. The van der Waals surface area contributed by atoms with Gasteiger partial charge in [-0.1, -0.05) is 0 Å². The predicted molar refractivity (Wildman–Crippen MR) is 72.7 cm³/mol. The van der Waals surface area contributed by atoms with Crippen molar-refractivity contribution in [1.29, 1.82) is 0 Å². The fourth-order valence-corrected chi connectivity index (χ4v) is 2.49. The monoisotopic (exact) mass is 331 g/mol. The van der Waals surface area contributed by atoms with E-state index < -0.39 is 20.5 Å². The van der Waals surface area contributed by atoms with Gasteiger partial charge in [0.2, 0.25) is 9.84 Å². The van der Waals surface area contributed by atoms with E-state index in [0.29, 0.717) is 18.5 Å². The van der Waals surface area contributed by atoms with Crippen molar-refractivity contribution in [3.63, 3.8) is 0 Å². The van der Waals surface area contributed by atoms with Gasteiger partial charge in [-0.05, 0) is 24.6 Å². The summed E-state index contributed by atoms with van der Waals surface area (Å²) in [6.45, 7) is 0.306. The summed E-state index contributed by atoms with van der Waals surface area (Å²) in [6, 6.07) is 2.38. The Balaban J connectivity index is 0.00000361. The van der Waals surface area contributed by atoms with Crippen LogP contribution in [0.3, 0.4) is 0 Å². The van der Waals surface area contributed by atoms with E-state index in [2.05, 4.69) is 0 Å². The van der Waals surface area contributed by atoms with E-state index in [-0.39, 0.29) is 23.9 Å². The Morgan fingerprint density at radius 2 is 1.75 bits per heavy atom. The van der Waals surface area contributed by atoms with E-state index in [1.807, 2.05) is 0 Å². The highest BCUT2D eigenvalue weighted by molar-refractivity contribution is 7.91. The molecular weight excluding hydrogens is 316 g/mol. The molecule has 0 saturated carbocycles. The first-order valence-electron chi connectivity index (χ1n) is 5.35. The van der Waals surface area contributed by atoms with E-state index >= 15 is 0 Å². The summed E-state index contributed by atoms with van der Waals surface area (Å²) in [4.78, 5) is -0.595.